The molecule has 5 N–H and O–H groups in total. The van der Waals surface area contributed by atoms with Crippen LogP contribution in [0.3, 0.4) is 0 Å². The highest BCUT2D eigenvalue weighted by Gasteiger charge is 2.32. The van der Waals surface area contributed by atoms with Gasteiger partial charge in [-0.15, -0.1) is 0 Å². The summed E-state index contributed by atoms with van der Waals surface area (Å²) < 4.78 is 26.8. The molecule has 0 aliphatic heterocycles. The molecule has 0 spiro atoms. The third kappa shape index (κ3) is 3.34. The van der Waals surface area contributed by atoms with Gasteiger partial charge in [-0.25, -0.2) is 19.6 Å². The number of nitrogen functional groups attached to an aromatic ring is 1. The zero-order valence-electron chi connectivity index (χ0n) is 11.4. The third-order valence-electron chi connectivity index (χ3n) is 3.72. The average Bonchev–Trinajstić information content (AvgIpc) is 2.37. The monoisotopic (exact) mass is 286 g/mol. The molecule has 2 atom stereocenters. The molecule has 112 valence electrons. The highest BCUT2D eigenvalue weighted by atomic mass is 19.1. The molecule has 0 amide bonds. The SMILES string of the molecule is CC1CCCC(O)(CNc2nc(NN)c(F)cc2F)C1. The number of hydrogen-bond donors (Lipinski definition) is 4. The van der Waals surface area contributed by atoms with E-state index >= 15 is 0 Å². The summed E-state index contributed by atoms with van der Waals surface area (Å²) >= 11 is 0. The molecule has 20 heavy (non-hydrogen) atoms. The average molecular weight is 286 g/mol. The number of aliphatic hydroxyl groups is 1. The molecule has 1 aliphatic rings. The Morgan fingerprint density at radius 1 is 1.45 bits per heavy atom. The van der Waals surface area contributed by atoms with Gasteiger partial charge in [-0.1, -0.05) is 19.8 Å². The maximum absolute atomic E-state index is 13.6. The van der Waals surface area contributed by atoms with E-state index in [0.717, 1.165) is 12.8 Å². The van der Waals surface area contributed by atoms with E-state index in [9.17, 15) is 13.9 Å². The van der Waals surface area contributed by atoms with Crippen molar-refractivity contribution in [1.82, 2.24) is 4.98 Å². The number of nitrogens with zero attached hydrogens (tertiary/aromatic N) is 1. The molecule has 2 rings (SSSR count). The molecule has 0 saturated heterocycles. The summed E-state index contributed by atoms with van der Waals surface area (Å²) in [6.07, 6.45) is 3.35. The highest BCUT2D eigenvalue weighted by Crippen LogP contribution is 2.32. The largest absolute Gasteiger partial charge is 0.388 e. The van der Waals surface area contributed by atoms with Gasteiger partial charge in [0.05, 0.1) is 5.60 Å². The van der Waals surface area contributed by atoms with Crippen LogP contribution in [-0.4, -0.2) is 22.2 Å². The summed E-state index contributed by atoms with van der Waals surface area (Å²) in [5.41, 5.74) is 1.18. The molecule has 1 fully saturated rings. The van der Waals surface area contributed by atoms with Gasteiger partial charge in [-0.2, -0.15) is 0 Å². The molecule has 7 heteroatoms. The first-order valence-corrected chi connectivity index (χ1v) is 6.72. The van der Waals surface area contributed by atoms with Gasteiger partial charge in [-0.05, 0) is 18.8 Å². The topological polar surface area (TPSA) is 83.2 Å². The van der Waals surface area contributed by atoms with Crippen LogP contribution in [0.1, 0.15) is 32.6 Å². The molecule has 0 bridgehead atoms. The lowest BCUT2D eigenvalue weighted by Crippen LogP contribution is -2.41. The molecule has 2 unspecified atom stereocenters. The van der Waals surface area contributed by atoms with Crippen molar-refractivity contribution in [2.75, 3.05) is 17.3 Å². The van der Waals surface area contributed by atoms with Crippen LogP contribution in [0.4, 0.5) is 20.4 Å². The van der Waals surface area contributed by atoms with Gasteiger partial charge in [0.1, 0.15) is 0 Å². The molecule has 5 nitrogen and oxygen atoms in total. The van der Waals surface area contributed by atoms with Crippen LogP contribution >= 0.6 is 0 Å². The first-order valence-electron chi connectivity index (χ1n) is 6.72. The number of hydrazine groups is 1. The standard InChI is InChI=1S/C13H20F2N4O/c1-8-3-2-4-13(20,6-8)7-17-11-9(14)5-10(15)12(18-11)19-16/h5,8,20H,2-4,6-7,16H2,1H3,(H2,17,18,19). The first kappa shape index (κ1) is 14.9. The predicted octanol–water partition coefficient (Wildman–Crippen LogP) is 2.00. The smallest absolute Gasteiger partial charge is 0.178 e. The van der Waals surface area contributed by atoms with Gasteiger partial charge < -0.3 is 15.8 Å². The summed E-state index contributed by atoms with van der Waals surface area (Å²) in [7, 11) is 0. The minimum atomic E-state index is -0.878. The molecule has 0 aromatic carbocycles. The number of pyridine rings is 1. The molecular weight excluding hydrogens is 266 g/mol. The summed E-state index contributed by atoms with van der Waals surface area (Å²) in [4.78, 5) is 3.72. The van der Waals surface area contributed by atoms with Gasteiger partial charge >= 0.3 is 0 Å². The lowest BCUT2D eigenvalue weighted by atomic mass is 9.79. The second-order valence-corrected chi connectivity index (χ2v) is 5.57. The predicted molar refractivity (Wildman–Crippen MR) is 73.0 cm³/mol. The summed E-state index contributed by atoms with van der Waals surface area (Å²) in [6, 6.07) is 0.706. The van der Waals surface area contributed by atoms with E-state index in [1.165, 1.54) is 0 Å². The Balaban J connectivity index is 2.07. The lowest BCUT2D eigenvalue weighted by Gasteiger charge is -2.35. The molecule has 1 heterocycles. The van der Waals surface area contributed by atoms with Crippen LogP contribution in [0.5, 0.6) is 0 Å². The molecule has 1 aromatic rings. The zero-order chi connectivity index (χ0) is 14.8. The minimum Gasteiger partial charge on any atom is -0.388 e. The number of rotatable bonds is 4. The Hall–Kier alpha value is -1.47. The molecule has 1 aromatic heterocycles. The number of anilines is 2. The molecule has 0 radical (unpaired) electrons. The number of halogens is 2. The normalized spacial score (nSPS) is 26.4. The van der Waals surface area contributed by atoms with Crippen molar-refractivity contribution in [3.8, 4) is 0 Å². The van der Waals surface area contributed by atoms with Crippen molar-refractivity contribution < 1.29 is 13.9 Å². The molecular formula is C13H20F2N4O. The van der Waals surface area contributed by atoms with Gasteiger partial charge in [0.15, 0.2) is 23.3 Å². The molecule has 1 saturated carbocycles. The fraction of sp³-hybridized carbons (Fsp3) is 0.615. The lowest BCUT2D eigenvalue weighted by molar-refractivity contribution is -0.000870. The quantitative estimate of drug-likeness (QED) is 0.502. The fourth-order valence-corrected chi connectivity index (χ4v) is 2.73. The van der Waals surface area contributed by atoms with Crippen LogP contribution in [0.15, 0.2) is 6.07 Å². The minimum absolute atomic E-state index is 0.119. The number of hydrogen-bond acceptors (Lipinski definition) is 5. The van der Waals surface area contributed by atoms with Crippen molar-refractivity contribution in [1.29, 1.82) is 0 Å². The van der Waals surface area contributed by atoms with Gasteiger partial charge in [0, 0.05) is 12.6 Å². The summed E-state index contributed by atoms with van der Waals surface area (Å²) in [5, 5.41) is 13.2. The van der Waals surface area contributed by atoms with E-state index in [0.29, 0.717) is 24.8 Å². The fourth-order valence-electron chi connectivity index (χ4n) is 2.73. The van der Waals surface area contributed by atoms with Crippen LogP contribution in [0.25, 0.3) is 0 Å². The number of nitrogens with one attached hydrogen (secondary N) is 2. The Morgan fingerprint density at radius 2 is 2.15 bits per heavy atom. The maximum atomic E-state index is 13.6. The zero-order valence-corrected chi connectivity index (χ0v) is 11.4. The molecule has 1 aliphatic carbocycles. The van der Waals surface area contributed by atoms with E-state index in [4.69, 9.17) is 5.84 Å². The highest BCUT2D eigenvalue weighted by molar-refractivity contribution is 5.47. The van der Waals surface area contributed by atoms with Crippen molar-refractivity contribution >= 4 is 11.6 Å². The van der Waals surface area contributed by atoms with E-state index in [2.05, 4.69) is 22.7 Å². The Bertz CT molecular complexity index is 486. The van der Waals surface area contributed by atoms with E-state index in [1.54, 1.807) is 0 Å². The van der Waals surface area contributed by atoms with Gasteiger partial charge in [0.25, 0.3) is 0 Å². The van der Waals surface area contributed by atoms with Gasteiger partial charge in [-0.3, -0.25) is 0 Å². The van der Waals surface area contributed by atoms with Crippen LogP contribution < -0.4 is 16.6 Å². The summed E-state index contributed by atoms with van der Waals surface area (Å²) in [6.45, 7) is 2.26. The summed E-state index contributed by atoms with van der Waals surface area (Å²) in [5.74, 6) is 3.50. The second kappa shape index (κ2) is 5.88. The van der Waals surface area contributed by atoms with Gasteiger partial charge in [0.2, 0.25) is 0 Å². The van der Waals surface area contributed by atoms with Crippen molar-refractivity contribution in [3.05, 3.63) is 17.7 Å². The Labute approximate surface area is 116 Å². The van der Waals surface area contributed by atoms with Crippen LogP contribution in [0.2, 0.25) is 0 Å². The maximum Gasteiger partial charge on any atom is 0.178 e. The van der Waals surface area contributed by atoms with Crippen LogP contribution in [0, 0.1) is 17.6 Å². The second-order valence-electron chi connectivity index (χ2n) is 5.57. The van der Waals surface area contributed by atoms with E-state index in [1.807, 2.05) is 0 Å². The number of aromatic nitrogens is 1. The first-order chi connectivity index (χ1) is 9.43. The third-order valence-corrected chi connectivity index (χ3v) is 3.72. The van der Waals surface area contributed by atoms with Crippen LogP contribution in [-0.2, 0) is 0 Å². The Kier molecular flexibility index (Phi) is 4.39. The Morgan fingerprint density at radius 3 is 2.80 bits per heavy atom. The van der Waals surface area contributed by atoms with E-state index in [-0.39, 0.29) is 18.2 Å². The van der Waals surface area contributed by atoms with Crippen molar-refractivity contribution in [3.63, 3.8) is 0 Å². The number of nitrogens with two attached hydrogens (primary N) is 1. The van der Waals surface area contributed by atoms with Crippen molar-refractivity contribution in [2.45, 2.75) is 38.2 Å². The van der Waals surface area contributed by atoms with Crippen molar-refractivity contribution in [2.24, 2.45) is 11.8 Å². The van der Waals surface area contributed by atoms with E-state index < -0.39 is 17.2 Å².